The summed E-state index contributed by atoms with van der Waals surface area (Å²) in [6, 6.07) is 5.30. The van der Waals surface area contributed by atoms with Crippen molar-refractivity contribution >= 4 is 11.7 Å². The average Bonchev–Trinajstić information content (AvgIpc) is 2.26. The van der Waals surface area contributed by atoms with Crippen molar-refractivity contribution in [3.8, 4) is 0 Å². The lowest BCUT2D eigenvalue weighted by Crippen LogP contribution is -2.44. The van der Waals surface area contributed by atoms with E-state index in [9.17, 15) is 9.90 Å². The quantitative estimate of drug-likeness (QED) is 0.843. The van der Waals surface area contributed by atoms with E-state index in [1.807, 2.05) is 27.1 Å². The van der Waals surface area contributed by atoms with Crippen molar-refractivity contribution in [2.45, 2.75) is 26.3 Å². The zero-order valence-electron chi connectivity index (χ0n) is 11.7. The van der Waals surface area contributed by atoms with E-state index in [1.54, 1.807) is 12.1 Å². The van der Waals surface area contributed by atoms with Crippen LogP contribution in [-0.4, -0.2) is 42.2 Å². The van der Waals surface area contributed by atoms with Crippen LogP contribution < -0.4 is 5.32 Å². The summed E-state index contributed by atoms with van der Waals surface area (Å²) in [6.07, 6.45) is 0. The van der Waals surface area contributed by atoms with Gasteiger partial charge in [0.1, 0.15) is 0 Å². The Hall–Kier alpha value is -1.55. The molecule has 0 aromatic heterocycles. The van der Waals surface area contributed by atoms with E-state index in [0.717, 1.165) is 5.56 Å². The van der Waals surface area contributed by atoms with Crippen LogP contribution in [0, 0.1) is 6.92 Å². The first kappa shape index (κ1) is 14.5. The van der Waals surface area contributed by atoms with Crippen LogP contribution in [0.1, 0.15) is 29.8 Å². The summed E-state index contributed by atoms with van der Waals surface area (Å²) in [5.41, 5.74) is 1.94. The highest BCUT2D eigenvalue weighted by molar-refractivity contribution is 5.95. The minimum Gasteiger partial charge on any atom is -0.478 e. The van der Waals surface area contributed by atoms with Crippen molar-refractivity contribution in [2.75, 3.05) is 26.0 Å². The van der Waals surface area contributed by atoms with E-state index in [2.05, 4.69) is 24.1 Å². The second-order valence-corrected chi connectivity index (χ2v) is 5.36. The average molecular weight is 250 g/mol. The summed E-state index contributed by atoms with van der Waals surface area (Å²) in [5.74, 6) is -0.899. The van der Waals surface area contributed by atoms with E-state index >= 15 is 0 Å². The standard InChI is InChI=1S/C14H22N2O2/c1-10-7-6-8-11(13(17)18)12(10)15-9-14(2,3)16(4)5/h6-8,15H,9H2,1-5H3,(H,17,18). The molecule has 0 radical (unpaired) electrons. The molecule has 100 valence electrons. The van der Waals surface area contributed by atoms with E-state index in [1.165, 1.54) is 0 Å². The predicted octanol–water partition coefficient (Wildman–Crippen LogP) is 2.45. The Morgan fingerprint density at radius 3 is 2.50 bits per heavy atom. The summed E-state index contributed by atoms with van der Waals surface area (Å²) >= 11 is 0. The largest absolute Gasteiger partial charge is 0.478 e. The number of likely N-dealkylation sites (N-methyl/N-ethyl adjacent to an activating group) is 1. The number of carboxylic acid groups (broad SMARTS) is 1. The summed E-state index contributed by atoms with van der Waals surface area (Å²) in [5, 5.41) is 12.4. The minimum atomic E-state index is -0.899. The number of aromatic carboxylic acids is 1. The molecular formula is C14H22N2O2. The Morgan fingerprint density at radius 2 is 2.00 bits per heavy atom. The van der Waals surface area contributed by atoms with Gasteiger partial charge in [-0.15, -0.1) is 0 Å². The fourth-order valence-corrected chi connectivity index (χ4v) is 1.54. The summed E-state index contributed by atoms with van der Waals surface area (Å²) < 4.78 is 0. The molecule has 0 spiro atoms. The molecule has 1 aromatic rings. The van der Waals surface area contributed by atoms with E-state index in [-0.39, 0.29) is 5.54 Å². The number of hydrogen-bond acceptors (Lipinski definition) is 3. The second kappa shape index (κ2) is 5.40. The fraction of sp³-hybridized carbons (Fsp3) is 0.500. The number of carboxylic acids is 1. The molecule has 0 aliphatic carbocycles. The smallest absolute Gasteiger partial charge is 0.337 e. The van der Waals surface area contributed by atoms with E-state index < -0.39 is 5.97 Å². The molecule has 2 N–H and O–H groups in total. The van der Waals surface area contributed by atoms with E-state index in [4.69, 9.17) is 0 Å². The van der Waals surface area contributed by atoms with Crippen molar-refractivity contribution in [3.05, 3.63) is 29.3 Å². The lowest BCUT2D eigenvalue weighted by atomic mass is 10.0. The SMILES string of the molecule is Cc1cccc(C(=O)O)c1NCC(C)(C)N(C)C. The Kier molecular flexibility index (Phi) is 4.35. The van der Waals surface area contributed by atoms with Crippen LogP contribution in [0.3, 0.4) is 0 Å². The van der Waals surface area contributed by atoms with Gasteiger partial charge in [0.25, 0.3) is 0 Å². The van der Waals surface area contributed by atoms with Gasteiger partial charge in [0, 0.05) is 12.1 Å². The van der Waals surface area contributed by atoms with Gasteiger partial charge < -0.3 is 15.3 Å². The van der Waals surface area contributed by atoms with Crippen LogP contribution in [-0.2, 0) is 0 Å². The number of nitrogens with zero attached hydrogens (tertiary/aromatic N) is 1. The highest BCUT2D eigenvalue weighted by atomic mass is 16.4. The maximum atomic E-state index is 11.2. The van der Waals surface area contributed by atoms with Gasteiger partial charge in [-0.3, -0.25) is 0 Å². The van der Waals surface area contributed by atoms with Crippen LogP contribution in [0.2, 0.25) is 0 Å². The van der Waals surface area contributed by atoms with Gasteiger partial charge >= 0.3 is 5.97 Å². The molecule has 1 aromatic carbocycles. The molecule has 0 saturated carbocycles. The molecule has 4 nitrogen and oxygen atoms in total. The van der Waals surface area contributed by atoms with Gasteiger partial charge in [0.15, 0.2) is 0 Å². The van der Waals surface area contributed by atoms with Crippen LogP contribution in [0.25, 0.3) is 0 Å². The number of nitrogens with one attached hydrogen (secondary N) is 1. The molecule has 0 aliphatic heterocycles. The third-order valence-corrected chi connectivity index (χ3v) is 3.41. The molecule has 0 unspecified atom stereocenters. The Balaban J connectivity index is 2.95. The van der Waals surface area contributed by atoms with Crippen LogP contribution in [0.5, 0.6) is 0 Å². The number of aryl methyl sites for hydroxylation is 1. The minimum absolute atomic E-state index is 0.0436. The zero-order chi connectivity index (χ0) is 13.9. The van der Waals surface area contributed by atoms with Crippen LogP contribution in [0.15, 0.2) is 18.2 Å². The maximum Gasteiger partial charge on any atom is 0.337 e. The Morgan fingerprint density at radius 1 is 1.39 bits per heavy atom. The summed E-state index contributed by atoms with van der Waals surface area (Å²) in [4.78, 5) is 13.3. The number of benzene rings is 1. The van der Waals surface area contributed by atoms with Crippen molar-refractivity contribution in [3.63, 3.8) is 0 Å². The molecule has 0 fully saturated rings. The van der Waals surface area contributed by atoms with Gasteiger partial charge in [0.05, 0.1) is 11.3 Å². The molecule has 0 bridgehead atoms. The van der Waals surface area contributed by atoms with Crippen molar-refractivity contribution < 1.29 is 9.90 Å². The molecular weight excluding hydrogens is 228 g/mol. The number of hydrogen-bond donors (Lipinski definition) is 2. The number of rotatable bonds is 5. The lowest BCUT2D eigenvalue weighted by molar-refractivity contribution is 0.0697. The zero-order valence-corrected chi connectivity index (χ0v) is 11.7. The van der Waals surface area contributed by atoms with Crippen molar-refractivity contribution in [1.82, 2.24) is 4.90 Å². The van der Waals surface area contributed by atoms with E-state index in [0.29, 0.717) is 17.8 Å². The second-order valence-electron chi connectivity index (χ2n) is 5.36. The third-order valence-electron chi connectivity index (χ3n) is 3.41. The van der Waals surface area contributed by atoms with Gasteiger partial charge in [0.2, 0.25) is 0 Å². The first-order chi connectivity index (χ1) is 8.25. The summed E-state index contributed by atoms with van der Waals surface area (Å²) in [6.45, 7) is 6.82. The highest BCUT2D eigenvalue weighted by Gasteiger charge is 2.21. The fourth-order valence-electron chi connectivity index (χ4n) is 1.54. The molecule has 0 saturated heterocycles. The molecule has 0 amide bonds. The molecule has 4 heteroatoms. The first-order valence-electron chi connectivity index (χ1n) is 6.00. The molecule has 1 rings (SSSR count). The number of para-hydroxylation sites is 1. The Labute approximate surface area is 109 Å². The first-order valence-corrected chi connectivity index (χ1v) is 6.00. The van der Waals surface area contributed by atoms with Crippen LogP contribution in [0.4, 0.5) is 5.69 Å². The third kappa shape index (κ3) is 3.23. The molecule has 0 aliphatic rings. The van der Waals surface area contributed by atoms with Gasteiger partial charge in [-0.25, -0.2) is 4.79 Å². The normalized spacial score (nSPS) is 11.7. The van der Waals surface area contributed by atoms with Crippen molar-refractivity contribution in [2.24, 2.45) is 0 Å². The van der Waals surface area contributed by atoms with Gasteiger partial charge in [-0.2, -0.15) is 0 Å². The number of anilines is 1. The summed E-state index contributed by atoms with van der Waals surface area (Å²) in [7, 11) is 4.02. The van der Waals surface area contributed by atoms with Gasteiger partial charge in [-0.1, -0.05) is 12.1 Å². The maximum absolute atomic E-state index is 11.2. The lowest BCUT2D eigenvalue weighted by Gasteiger charge is -2.33. The molecule has 0 heterocycles. The highest BCUT2D eigenvalue weighted by Crippen LogP contribution is 2.22. The van der Waals surface area contributed by atoms with Crippen molar-refractivity contribution in [1.29, 1.82) is 0 Å². The monoisotopic (exact) mass is 250 g/mol. The molecule has 0 atom stereocenters. The number of carbonyl (C=O) groups is 1. The predicted molar refractivity (Wildman–Crippen MR) is 74.4 cm³/mol. The van der Waals surface area contributed by atoms with Crippen LogP contribution >= 0.6 is 0 Å². The van der Waals surface area contributed by atoms with Gasteiger partial charge in [-0.05, 0) is 46.5 Å². The Bertz CT molecular complexity index is 439. The molecule has 18 heavy (non-hydrogen) atoms. The topological polar surface area (TPSA) is 52.6 Å².